The molecule has 0 aliphatic carbocycles. The summed E-state index contributed by atoms with van der Waals surface area (Å²) in [6.07, 6.45) is 0. The first-order chi connectivity index (χ1) is 9.43. The molecule has 1 aromatic carbocycles. The maximum Gasteiger partial charge on any atom is 0.194 e. The summed E-state index contributed by atoms with van der Waals surface area (Å²) in [5.74, 6) is -3.82. The molecule has 108 valence electrons. The Hall–Kier alpha value is -1.40. The maximum absolute atomic E-state index is 13.4. The van der Waals surface area contributed by atoms with Gasteiger partial charge in [-0.15, -0.1) is 11.3 Å². The highest BCUT2D eigenvalue weighted by Gasteiger charge is 2.21. The molecule has 0 spiro atoms. The van der Waals surface area contributed by atoms with Gasteiger partial charge in [0.05, 0.1) is 11.7 Å². The van der Waals surface area contributed by atoms with Crippen LogP contribution in [0, 0.1) is 31.3 Å². The number of thiazole rings is 1. The number of benzene rings is 1. The van der Waals surface area contributed by atoms with Crippen molar-refractivity contribution in [2.24, 2.45) is 0 Å². The van der Waals surface area contributed by atoms with Crippen molar-refractivity contribution in [2.75, 3.05) is 6.54 Å². The van der Waals surface area contributed by atoms with Crippen LogP contribution in [0.15, 0.2) is 12.1 Å². The summed E-state index contributed by atoms with van der Waals surface area (Å²) in [5.41, 5.74) is 1.22. The van der Waals surface area contributed by atoms with Gasteiger partial charge in [-0.2, -0.15) is 0 Å². The molecule has 1 aromatic heterocycles. The predicted octanol–water partition coefficient (Wildman–Crippen LogP) is 3.88. The molecule has 0 aliphatic rings. The van der Waals surface area contributed by atoms with Crippen LogP contribution in [0.4, 0.5) is 13.2 Å². The molecule has 2 nitrogen and oxygen atoms in total. The normalized spacial score (nSPS) is 12.7. The van der Waals surface area contributed by atoms with Gasteiger partial charge in [-0.25, -0.2) is 18.2 Å². The lowest BCUT2D eigenvalue weighted by molar-refractivity contribution is 0.442. The Kier molecular flexibility index (Phi) is 4.45. The third-order valence-corrected chi connectivity index (χ3v) is 4.18. The van der Waals surface area contributed by atoms with Gasteiger partial charge >= 0.3 is 0 Å². The molecule has 0 radical (unpaired) electrons. The molecule has 20 heavy (non-hydrogen) atoms. The first-order valence-corrected chi connectivity index (χ1v) is 7.07. The summed E-state index contributed by atoms with van der Waals surface area (Å²) in [6, 6.07) is 1.58. The number of nitrogens with zero attached hydrogens (tertiary/aromatic N) is 1. The van der Waals surface area contributed by atoms with Crippen LogP contribution in [0.25, 0.3) is 0 Å². The van der Waals surface area contributed by atoms with E-state index in [1.54, 1.807) is 0 Å². The summed E-state index contributed by atoms with van der Waals surface area (Å²) in [4.78, 5) is 5.45. The van der Waals surface area contributed by atoms with Gasteiger partial charge in [0.25, 0.3) is 0 Å². The van der Waals surface area contributed by atoms with Crippen molar-refractivity contribution in [1.29, 1.82) is 0 Å². The van der Waals surface area contributed by atoms with Crippen molar-refractivity contribution in [3.05, 3.63) is 50.7 Å². The fourth-order valence-electron chi connectivity index (χ4n) is 1.91. The minimum absolute atomic E-state index is 0.331. The van der Waals surface area contributed by atoms with Gasteiger partial charge in [0, 0.05) is 4.88 Å². The molecule has 0 fully saturated rings. The molecule has 1 N–H and O–H groups in total. The average molecular weight is 300 g/mol. The fourth-order valence-corrected chi connectivity index (χ4v) is 2.94. The number of aromatic nitrogens is 1. The topological polar surface area (TPSA) is 24.9 Å². The standard InChI is InChI=1S/C14H15F3N2S/c1-4-18-13(14-19-7(2)8(3)20-14)9-5-10(15)12(17)11(16)6-9/h5-6,13,18H,4H2,1-3H3. The molecule has 0 bridgehead atoms. The van der Waals surface area contributed by atoms with Crippen molar-refractivity contribution < 1.29 is 13.2 Å². The number of aryl methyl sites for hydroxylation is 2. The summed E-state index contributed by atoms with van der Waals surface area (Å²) < 4.78 is 39.8. The van der Waals surface area contributed by atoms with E-state index in [2.05, 4.69) is 10.3 Å². The van der Waals surface area contributed by atoms with E-state index in [1.807, 2.05) is 20.8 Å². The van der Waals surface area contributed by atoms with Gasteiger partial charge < -0.3 is 5.32 Å². The maximum atomic E-state index is 13.4. The van der Waals surface area contributed by atoms with Crippen LogP contribution in [-0.2, 0) is 0 Å². The van der Waals surface area contributed by atoms with Crippen LogP contribution in [0.5, 0.6) is 0 Å². The van der Waals surface area contributed by atoms with E-state index in [4.69, 9.17) is 0 Å². The van der Waals surface area contributed by atoms with E-state index in [-0.39, 0.29) is 0 Å². The van der Waals surface area contributed by atoms with Gasteiger partial charge in [0.1, 0.15) is 5.01 Å². The summed E-state index contributed by atoms with van der Waals surface area (Å²) in [7, 11) is 0. The zero-order valence-corrected chi connectivity index (χ0v) is 12.2. The van der Waals surface area contributed by atoms with Crippen LogP contribution in [0.3, 0.4) is 0 Å². The molecule has 2 aromatic rings. The van der Waals surface area contributed by atoms with Gasteiger partial charge in [-0.3, -0.25) is 0 Å². The number of hydrogen-bond acceptors (Lipinski definition) is 3. The minimum atomic E-state index is -1.45. The Balaban J connectivity index is 2.48. The van der Waals surface area contributed by atoms with Crippen molar-refractivity contribution in [2.45, 2.75) is 26.8 Å². The van der Waals surface area contributed by atoms with Crippen LogP contribution in [-0.4, -0.2) is 11.5 Å². The Morgan fingerprint density at radius 3 is 2.25 bits per heavy atom. The zero-order chi connectivity index (χ0) is 14.9. The lowest BCUT2D eigenvalue weighted by Crippen LogP contribution is -2.22. The molecular weight excluding hydrogens is 285 g/mol. The van der Waals surface area contributed by atoms with E-state index in [0.29, 0.717) is 17.1 Å². The summed E-state index contributed by atoms with van der Waals surface area (Å²) >= 11 is 1.46. The van der Waals surface area contributed by atoms with Crippen molar-refractivity contribution in [3.63, 3.8) is 0 Å². The van der Waals surface area contributed by atoms with E-state index in [9.17, 15) is 13.2 Å². The second kappa shape index (κ2) is 5.93. The van der Waals surface area contributed by atoms with Gasteiger partial charge in [-0.05, 0) is 38.1 Å². The molecule has 0 saturated carbocycles. The number of hydrogen-bond donors (Lipinski definition) is 1. The molecule has 0 saturated heterocycles. The number of nitrogens with one attached hydrogen (secondary N) is 1. The Bertz CT molecular complexity index is 582. The smallest absolute Gasteiger partial charge is 0.194 e. The summed E-state index contributed by atoms with van der Waals surface area (Å²) in [5, 5.41) is 3.84. The fraction of sp³-hybridized carbons (Fsp3) is 0.357. The van der Waals surface area contributed by atoms with Gasteiger partial charge in [-0.1, -0.05) is 6.92 Å². The Morgan fingerprint density at radius 1 is 1.20 bits per heavy atom. The minimum Gasteiger partial charge on any atom is -0.305 e. The molecule has 0 amide bonds. The largest absolute Gasteiger partial charge is 0.305 e. The van der Waals surface area contributed by atoms with Crippen LogP contribution in [0.2, 0.25) is 0 Å². The van der Waals surface area contributed by atoms with Crippen molar-refractivity contribution in [1.82, 2.24) is 10.3 Å². The lowest BCUT2D eigenvalue weighted by Gasteiger charge is -2.16. The first kappa shape index (κ1) is 15.0. The third-order valence-electron chi connectivity index (χ3n) is 3.04. The quantitative estimate of drug-likeness (QED) is 0.867. The third kappa shape index (κ3) is 2.86. The molecule has 1 heterocycles. The Morgan fingerprint density at radius 2 is 1.80 bits per heavy atom. The summed E-state index contributed by atoms with van der Waals surface area (Å²) in [6.45, 7) is 6.30. The van der Waals surface area contributed by atoms with Crippen LogP contribution in [0.1, 0.15) is 34.1 Å². The monoisotopic (exact) mass is 300 g/mol. The highest BCUT2D eigenvalue weighted by molar-refractivity contribution is 7.11. The van der Waals surface area contributed by atoms with Gasteiger partial charge in [0.2, 0.25) is 0 Å². The molecular formula is C14H15F3N2S. The second-order valence-corrected chi connectivity index (χ2v) is 5.72. The molecule has 1 atom stereocenters. The van der Waals surface area contributed by atoms with E-state index in [1.165, 1.54) is 11.3 Å². The lowest BCUT2D eigenvalue weighted by atomic mass is 10.1. The van der Waals surface area contributed by atoms with E-state index >= 15 is 0 Å². The highest BCUT2D eigenvalue weighted by Crippen LogP contribution is 2.29. The second-order valence-electron chi connectivity index (χ2n) is 4.48. The molecule has 1 unspecified atom stereocenters. The highest BCUT2D eigenvalue weighted by atomic mass is 32.1. The van der Waals surface area contributed by atoms with E-state index < -0.39 is 23.5 Å². The predicted molar refractivity (Wildman–Crippen MR) is 73.4 cm³/mol. The average Bonchev–Trinajstić information content (AvgIpc) is 2.72. The SMILES string of the molecule is CCNC(c1cc(F)c(F)c(F)c1)c1nc(C)c(C)s1. The molecule has 0 aliphatic heterocycles. The molecule has 6 heteroatoms. The number of rotatable bonds is 4. The van der Waals surface area contributed by atoms with E-state index in [0.717, 1.165) is 22.7 Å². The van der Waals surface area contributed by atoms with Crippen molar-refractivity contribution >= 4 is 11.3 Å². The van der Waals surface area contributed by atoms with Crippen molar-refractivity contribution in [3.8, 4) is 0 Å². The number of halogens is 3. The Labute approximate surface area is 119 Å². The zero-order valence-electron chi connectivity index (χ0n) is 11.4. The first-order valence-electron chi connectivity index (χ1n) is 6.25. The van der Waals surface area contributed by atoms with Crippen LogP contribution >= 0.6 is 11.3 Å². The molecule has 2 rings (SSSR count). The van der Waals surface area contributed by atoms with Crippen LogP contribution < -0.4 is 5.32 Å². The van der Waals surface area contributed by atoms with Gasteiger partial charge in [0.15, 0.2) is 17.5 Å².